The van der Waals surface area contributed by atoms with Gasteiger partial charge in [-0.1, -0.05) is 23.2 Å². The van der Waals surface area contributed by atoms with Gasteiger partial charge in [-0.3, -0.25) is 4.79 Å². The first kappa shape index (κ1) is 23.2. The van der Waals surface area contributed by atoms with Crippen LogP contribution in [-0.4, -0.2) is 66.4 Å². The number of aromatic carboxylic acids is 1. The Morgan fingerprint density at radius 1 is 1.26 bits per heavy atom. The van der Waals surface area contributed by atoms with Crippen molar-refractivity contribution >= 4 is 40.9 Å². The molecule has 0 spiro atoms. The van der Waals surface area contributed by atoms with Gasteiger partial charge in [0.15, 0.2) is 0 Å². The summed E-state index contributed by atoms with van der Waals surface area (Å²) in [5, 5.41) is 12.9. The van der Waals surface area contributed by atoms with Gasteiger partial charge in [-0.2, -0.15) is 4.98 Å². The molecule has 0 bridgehead atoms. The molecule has 2 aromatic rings. The molecule has 1 aliphatic heterocycles. The molecule has 0 aliphatic carbocycles. The molecule has 1 aliphatic rings. The van der Waals surface area contributed by atoms with Crippen LogP contribution in [-0.2, 0) is 4.74 Å². The van der Waals surface area contributed by atoms with Gasteiger partial charge in [0.05, 0.1) is 22.2 Å². The van der Waals surface area contributed by atoms with E-state index in [0.717, 1.165) is 0 Å². The van der Waals surface area contributed by atoms with Gasteiger partial charge in [0.25, 0.3) is 5.91 Å². The summed E-state index contributed by atoms with van der Waals surface area (Å²) in [7, 11) is 1.55. The number of nitrogens with zero attached hydrogens (tertiary/aromatic N) is 2. The summed E-state index contributed by atoms with van der Waals surface area (Å²) in [4.78, 5) is 33.3. The van der Waals surface area contributed by atoms with Gasteiger partial charge in [0, 0.05) is 38.0 Å². The number of ether oxygens (including phenoxy) is 2. The van der Waals surface area contributed by atoms with Crippen molar-refractivity contribution in [3.8, 4) is 5.88 Å². The summed E-state index contributed by atoms with van der Waals surface area (Å²) in [5.41, 5.74) is 0.987. The van der Waals surface area contributed by atoms with Gasteiger partial charge in [-0.25, -0.2) is 4.79 Å². The summed E-state index contributed by atoms with van der Waals surface area (Å²) < 4.78 is 10.5. The number of nitrogens with one attached hydrogen (secondary N) is 2. The number of carboxylic acids is 1. The zero-order valence-electron chi connectivity index (χ0n) is 17.2. The van der Waals surface area contributed by atoms with Gasteiger partial charge < -0.3 is 29.8 Å². The molecule has 0 radical (unpaired) electrons. The third-order valence-electron chi connectivity index (χ3n) is 5.01. The van der Waals surface area contributed by atoms with E-state index in [2.05, 4.69) is 15.3 Å². The van der Waals surface area contributed by atoms with Crippen LogP contribution in [0.3, 0.4) is 0 Å². The minimum atomic E-state index is -1.06. The second-order valence-corrected chi connectivity index (χ2v) is 7.94. The molecular formula is C20H24Cl2N4O5. The second-order valence-electron chi connectivity index (χ2n) is 7.19. The quantitative estimate of drug-likeness (QED) is 0.507. The third kappa shape index (κ3) is 5.61. The number of piperidine rings is 1. The van der Waals surface area contributed by atoms with E-state index in [-0.39, 0.29) is 40.7 Å². The Kier molecular flexibility index (Phi) is 7.64. The predicted octanol–water partition coefficient (Wildman–Crippen LogP) is 3.15. The Balaban J connectivity index is 1.63. The molecule has 3 N–H and O–H groups in total. The molecule has 11 heteroatoms. The number of halogens is 2. The monoisotopic (exact) mass is 470 g/mol. The van der Waals surface area contributed by atoms with Crippen LogP contribution in [0.1, 0.15) is 39.4 Å². The average molecular weight is 471 g/mol. The summed E-state index contributed by atoms with van der Waals surface area (Å²) in [6, 6.07) is 2.86. The van der Waals surface area contributed by atoms with Crippen LogP contribution < -0.4 is 15.0 Å². The number of carbonyl (C=O) groups is 2. The smallest absolute Gasteiger partial charge is 0.336 e. The van der Waals surface area contributed by atoms with Crippen LogP contribution in [0.4, 0.5) is 5.82 Å². The fourth-order valence-electron chi connectivity index (χ4n) is 3.32. The number of carbonyl (C=O) groups excluding carboxylic acids is 1. The van der Waals surface area contributed by atoms with Crippen molar-refractivity contribution in [1.29, 1.82) is 0 Å². The Hall–Kier alpha value is -2.49. The highest BCUT2D eigenvalue weighted by atomic mass is 35.5. The first-order valence-electron chi connectivity index (χ1n) is 9.76. The maximum Gasteiger partial charge on any atom is 0.336 e. The highest BCUT2D eigenvalue weighted by Crippen LogP contribution is 2.29. The van der Waals surface area contributed by atoms with Crippen molar-refractivity contribution in [2.75, 3.05) is 38.3 Å². The maximum absolute atomic E-state index is 12.5. The minimum absolute atomic E-state index is 0.0534. The van der Waals surface area contributed by atoms with Crippen molar-refractivity contribution in [2.24, 2.45) is 0 Å². The average Bonchev–Trinajstić information content (AvgIpc) is 3.01. The molecule has 0 unspecified atom stereocenters. The van der Waals surface area contributed by atoms with Crippen LogP contribution in [0, 0.1) is 6.92 Å². The number of hydrogen-bond acceptors (Lipinski definition) is 6. The molecule has 2 aromatic heterocycles. The highest BCUT2D eigenvalue weighted by Gasteiger charge is 2.25. The predicted molar refractivity (Wildman–Crippen MR) is 117 cm³/mol. The molecule has 31 heavy (non-hydrogen) atoms. The molecule has 3 heterocycles. The standard InChI is InChI=1S/C20H24Cl2N4O5/c1-11-16(21)17(22)18(23-11)19(27)24-13-3-5-26(6-4-13)14-9-12(20(28)29)10-15(25-14)31-8-7-30-2/h9-10,13,23H,3-8H2,1-2H3,(H,24,27)(H,28,29). The van der Waals surface area contributed by atoms with E-state index >= 15 is 0 Å². The van der Waals surface area contributed by atoms with Crippen LogP contribution in [0.2, 0.25) is 10.0 Å². The maximum atomic E-state index is 12.5. The molecule has 3 rings (SSSR count). The number of carboxylic acid groups (broad SMARTS) is 1. The van der Waals surface area contributed by atoms with E-state index in [1.165, 1.54) is 12.1 Å². The summed E-state index contributed by atoms with van der Waals surface area (Å²) in [6.45, 7) is 3.57. The molecule has 0 atom stereocenters. The fourth-order valence-corrected chi connectivity index (χ4v) is 3.74. The van der Waals surface area contributed by atoms with Crippen molar-refractivity contribution in [1.82, 2.24) is 15.3 Å². The molecule has 9 nitrogen and oxygen atoms in total. The Morgan fingerprint density at radius 3 is 2.55 bits per heavy atom. The molecule has 1 amide bonds. The second kappa shape index (κ2) is 10.2. The molecule has 168 valence electrons. The normalized spacial score (nSPS) is 14.5. The van der Waals surface area contributed by atoms with Crippen LogP contribution in [0.25, 0.3) is 0 Å². The molecule has 0 aromatic carbocycles. The summed E-state index contributed by atoms with van der Waals surface area (Å²) in [5.74, 6) is -0.611. The molecule has 1 saturated heterocycles. The zero-order chi connectivity index (χ0) is 22.5. The molecule has 0 saturated carbocycles. The first-order valence-corrected chi connectivity index (χ1v) is 10.5. The highest BCUT2D eigenvalue weighted by molar-refractivity contribution is 6.44. The summed E-state index contributed by atoms with van der Waals surface area (Å²) >= 11 is 12.2. The Labute approximate surface area is 189 Å². The summed E-state index contributed by atoms with van der Waals surface area (Å²) in [6.07, 6.45) is 1.32. The number of hydrogen-bond donors (Lipinski definition) is 3. The van der Waals surface area contributed by atoms with Crippen LogP contribution >= 0.6 is 23.2 Å². The van der Waals surface area contributed by atoms with Gasteiger partial charge in [-0.15, -0.1) is 0 Å². The van der Waals surface area contributed by atoms with Gasteiger partial charge in [0.1, 0.15) is 18.1 Å². The van der Waals surface area contributed by atoms with Gasteiger partial charge in [0.2, 0.25) is 5.88 Å². The third-order valence-corrected chi connectivity index (χ3v) is 5.95. The van der Waals surface area contributed by atoms with E-state index in [9.17, 15) is 14.7 Å². The van der Waals surface area contributed by atoms with Crippen molar-refractivity contribution in [2.45, 2.75) is 25.8 Å². The topological polar surface area (TPSA) is 117 Å². The fraction of sp³-hybridized carbons (Fsp3) is 0.450. The van der Waals surface area contributed by atoms with E-state index in [1.54, 1.807) is 14.0 Å². The molecule has 1 fully saturated rings. The number of H-pyrrole nitrogens is 1. The lowest BCUT2D eigenvalue weighted by Gasteiger charge is -2.33. The number of aromatic nitrogens is 2. The number of methoxy groups -OCH3 is 1. The number of pyridine rings is 1. The lowest BCUT2D eigenvalue weighted by molar-refractivity contribution is 0.0695. The first-order chi connectivity index (χ1) is 14.8. The van der Waals surface area contributed by atoms with Crippen LogP contribution in [0.5, 0.6) is 5.88 Å². The number of rotatable bonds is 8. The van der Waals surface area contributed by atoms with E-state index < -0.39 is 5.97 Å². The largest absolute Gasteiger partial charge is 0.478 e. The van der Waals surface area contributed by atoms with E-state index in [0.29, 0.717) is 49.1 Å². The van der Waals surface area contributed by atoms with Crippen molar-refractivity contribution < 1.29 is 24.2 Å². The van der Waals surface area contributed by atoms with Crippen LogP contribution in [0.15, 0.2) is 12.1 Å². The Morgan fingerprint density at radius 2 is 1.97 bits per heavy atom. The minimum Gasteiger partial charge on any atom is -0.478 e. The van der Waals surface area contributed by atoms with Crippen molar-refractivity contribution in [3.63, 3.8) is 0 Å². The zero-order valence-corrected chi connectivity index (χ0v) is 18.7. The van der Waals surface area contributed by atoms with Crippen molar-refractivity contribution in [3.05, 3.63) is 39.1 Å². The van der Waals surface area contributed by atoms with Gasteiger partial charge in [-0.05, 0) is 25.8 Å². The lowest BCUT2D eigenvalue weighted by atomic mass is 10.0. The Bertz CT molecular complexity index is 957. The lowest BCUT2D eigenvalue weighted by Crippen LogP contribution is -2.45. The SMILES string of the molecule is COCCOc1cc(C(=O)O)cc(N2CCC(NC(=O)c3[nH]c(C)c(Cl)c3Cl)CC2)n1. The number of amides is 1. The van der Waals surface area contributed by atoms with E-state index in [4.69, 9.17) is 32.7 Å². The number of aromatic amines is 1. The molecular weight excluding hydrogens is 447 g/mol. The number of anilines is 1. The van der Waals surface area contributed by atoms with E-state index in [1.807, 2.05) is 4.90 Å². The van der Waals surface area contributed by atoms with Gasteiger partial charge >= 0.3 is 5.97 Å². The number of aryl methyl sites for hydroxylation is 1.